The predicted octanol–water partition coefficient (Wildman–Crippen LogP) is 3.45. The standard InChI is InChI=1S/C16H20ClN3O2/c1-2-3-7-13(18)16-20-14(10-22-16)15(21)19-9-11-5-4-6-12(17)8-11/h4-6,8,10,13H,2-3,7,9,18H2,1H3,(H,19,21). The largest absolute Gasteiger partial charge is 0.446 e. The molecule has 0 aliphatic heterocycles. The van der Waals surface area contributed by atoms with E-state index in [-0.39, 0.29) is 17.6 Å². The normalized spacial score (nSPS) is 12.1. The van der Waals surface area contributed by atoms with Gasteiger partial charge in [0, 0.05) is 11.6 Å². The first-order chi connectivity index (χ1) is 10.6. The molecule has 2 aromatic rings. The van der Waals surface area contributed by atoms with E-state index in [1.54, 1.807) is 12.1 Å². The quantitative estimate of drug-likeness (QED) is 0.818. The Hall–Kier alpha value is -1.85. The lowest BCUT2D eigenvalue weighted by molar-refractivity contribution is 0.0946. The van der Waals surface area contributed by atoms with Gasteiger partial charge in [-0.05, 0) is 24.1 Å². The average molecular weight is 322 g/mol. The van der Waals surface area contributed by atoms with Crippen LogP contribution in [-0.2, 0) is 6.54 Å². The van der Waals surface area contributed by atoms with Crippen LogP contribution in [0.1, 0.15) is 54.2 Å². The summed E-state index contributed by atoms with van der Waals surface area (Å²) in [7, 11) is 0. The van der Waals surface area contributed by atoms with Crippen molar-refractivity contribution in [1.82, 2.24) is 10.3 Å². The highest BCUT2D eigenvalue weighted by Crippen LogP contribution is 2.16. The maximum absolute atomic E-state index is 12.0. The highest BCUT2D eigenvalue weighted by Gasteiger charge is 2.16. The van der Waals surface area contributed by atoms with Crippen molar-refractivity contribution >= 4 is 17.5 Å². The van der Waals surface area contributed by atoms with Crippen molar-refractivity contribution in [1.29, 1.82) is 0 Å². The van der Waals surface area contributed by atoms with Crippen LogP contribution >= 0.6 is 11.6 Å². The Labute approximate surface area is 134 Å². The number of hydrogen-bond acceptors (Lipinski definition) is 4. The first kappa shape index (κ1) is 16.5. The van der Waals surface area contributed by atoms with Crippen molar-refractivity contribution in [3.05, 3.63) is 52.7 Å². The van der Waals surface area contributed by atoms with Crippen molar-refractivity contribution in [2.75, 3.05) is 0 Å². The zero-order valence-electron chi connectivity index (χ0n) is 12.5. The molecule has 5 nitrogen and oxygen atoms in total. The molecule has 1 amide bonds. The summed E-state index contributed by atoms with van der Waals surface area (Å²) in [6, 6.07) is 7.05. The van der Waals surface area contributed by atoms with Crippen LogP contribution in [0.4, 0.5) is 0 Å². The highest BCUT2D eigenvalue weighted by molar-refractivity contribution is 6.30. The van der Waals surface area contributed by atoms with Gasteiger partial charge >= 0.3 is 0 Å². The summed E-state index contributed by atoms with van der Waals surface area (Å²) in [6.45, 7) is 2.47. The van der Waals surface area contributed by atoms with Gasteiger partial charge < -0.3 is 15.5 Å². The summed E-state index contributed by atoms with van der Waals surface area (Å²) in [6.07, 6.45) is 4.19. The van der Waals surface area contributed by atoms with E-state index in [9.17, 15) is 4.79 Å². The summed E-state index contributed by atoms with van der Waals surface area (Å²) in [5.74, 6) is 0.110. The minimum Gasteiger partial charge on any atom is -0.446 e. The van der Waals surface area contributed by atoms with E-state index in [0.717, 1.165) is 24.8 Å². The molecule has 0 spiro atoms. The average Bonchev–Trinajstić information content (AvgIpc) is 3.00. The summed E-state index contributed by atoms with van der Waals surface area (Å²) in [4.78, 5) is 16.2. The molecule has 0 aliphatic carbocycles. The smallest absolute Gasteiger partial charge is 0.273 e. The second kappa shape index (κ2) is 7.96. The molecule has 1 aromatic carbocycles. The van der Waals surface area contributed by atoms with Crippen molar-refractivity contribution in [3.63, 3.8) is 0 Å². The fourth-order valence-electron chi connectivity index (χ4n) is 2.03. The maximum atomic E-state index is 12.0. The number of carbonyl (C=O) groups is 1. The molecule has 1 unspecified atom stereocenters. The molecule has 3 N–H and O–H groups in total. The summed E-state index contributed by atoms with van der Waals surface area (Å²) >= 11 is 5.90. The number of nitrogens with one attached hydrogen (secondary N) is 1. The molecular formula is C16H20ClN3O2. The first-order valence-electron chi connectivity index (χ1n) is 7.33. The minimum atomic E-state index is -0.294. The third kappa shape index (κ3) is 4.58. The molecule has 0 aliphatic rings. The van der Waals surface area contributed by atoms with Gasteiger partial charge in [-0.25, -0.2) is 4.98 Å². The van der Waals surface area contributed by atoms with E-state index in [1.807, 2.05) is 12.1 Å². The van der Waals surface area contributed by atoms with Gasteiger partial charge in [-0.1, -0.05) is 43.5 Å². The van der Waals surface area contributed by atoms with Crippen LogP contribution in [0.5, 0.6) is 0 Å². The molecule has 0 bridgehead atoms. The van der Waals surface area contributed by atoms with Crippen LogP contribution in [-0.4, -0.2) is 10.9 Å². The fourth-order valence-corrected chi connectivity index (χ4v) is 2.24. The molecule has 0 radical (unpaired) electrons. The van der Waals surface area contributed by atoms with Crippen LogP contribution in [0.25, 0.3) is 0 Å². The minimum absolute atomic E-state index is 0.240. The maximum Gasteiger partial charge on any atom is 0.273 e. The fraction of sp³-hybridized carbons (Fsp3) is 0.375. The number of halogens is 1. The number of unbranched alkanes of at least 4 members (excludes halogenated alkanes) is 1. The molecule has 6 heteroatoms. The number of oxazole rings is 1. The number of carbonyl (C=O) groups excluding carboxylic acids is 1. The Balaban J connectivity index is 1.91. The van der Waals surface area contributed by atoms with Crippen molar-refractivity contribution < 1.29 is 9.21 Å². The second-order valence-corrected chi connectivity index (χ2v) is 5.57. The molecule has 0 fully saturated rings. The lowest BCUT2D eigenvalue weighted by Crippen LogP contribution is -2.23. The van der Waals surface area contributed by atoms with Gasteiger partial charge in [0.2, 0.25) is 5.89 Å². The molecule has 22 heavy (non-hydrogen) atoms. The van der Waals surface area contributed by atoms with Crippen LogP contribution in [0, 0.1) is 0 Å². The Morgan fingerprint density at radius 3 is 3.05 bits per heavy atom. The molecule has 1 aromatic heterocycles. The number of aromatic nitrogens is 1. The lowest BCUT2D eigenvalue weighted by atomic mass is 10.1. The Bertz CT molecular complexity index is 627. The second-order valence-electron chi connectivity index (χ2n) is 5.13. The molecule has 0 saturated heterocycles. The van der Waals surface area contributed by atoms with Gasteiger partial charge in [0.15, 0.2) is 5.69 Å². The van der Waals surface area contributed by atoms with Gasteiger partial charge in [-0.15, -0.1) is 0 Å². The van der Waals surface area contributed by atoms with Gasteiger partial charge in [0.25, 0.3) is 5.91 Å². The molecule has 118 valence electrons. The SMILES string of the molecule is CCCCC(N)c1nc(C(=O)NCc2cccc(Cl)c2)co1. The third-order valence-electron chi connectivity index (χ3n) is 3.28. The highest BCUT2D eigenvalue weighted by atomic mass is 35.5. The van der Waals surface area contributed by atoms with E-state index in [2.05, 4.69) is 17.2 Å². The first-order valence-corrected chi connectivity index (χ1v) is 7.71. The van der Waals surface area contributed by atoms with Crippen molar-refractivity contribution in [2.24, 2.45) is 5.73 Å². The van der Waals surface area contributed by atoms with E-state index in [4.69, 9.17) is 21.8 Å². The van der Waals surface area contributed by atoms with Crippen LogP contribution in [0.15, 0.2) is 34.9 Å². The zero-order chi connectivity index (χ0) is 15.9. The topological polar surface area (TPSA) is 81.1 Å². The molecule has 1 heterocycles. The molecular weight excluding hydrogens is 302 g/mol. The summed E-state index contributed by atoms with van der Waals surface area (Å²) in [5.41, 5.74) is 7.13. The zero-order valence-corrected chi connectivity index (χ0v) is 13.3. The third-order valence-corrected chi connectivity index (χ3v) is 3.52. The Morgan fingerprint density at radius 1 is 1.50 bits per heavy atom. The van der Waals surface area contributed by atoms with Gasteiger partial charge in [0.05, 0.1) is 6.04 Å². The van der Waals surface area contributed by atoms with Crippen LogP contribution in [0.3, 0.4) is 0 Å². The van der Waals surface area contributed by atoms with Crippen LogP contribution < -0.4 is 11.1 Å². The number of nitrogens with zero attached hydrogens (tertiary/aromatic N) is 1. The van der Waals surface area contributed by atoms with E-state index >= 15 is 0 Å². The van der Waals surface area contributed by atoms with E-state index in [1.165, 1.54) is 6.26 Å². The van der Waals surface area contributed by atoms with Crippen molar-refractivity contribution in [3.8, 4) is 0 Å². The number of benzene rings is 1. The van der Waals surface area contributed by atoms with Crippen LogP contribution in [0.2, 0.25) is 5.02 Å². The van der Waals surface area contributed by atoms with E-state index < -0.39 is 0 Å². The number of hydrogen-bond donors (Lipinski definition) is 2. The van der Waals surface area contributed by atoms with E-state index in [0.29, 0.717) is 17.5 Å². The predicted molar refractivity (Wildman–Crippen MR) is 85.6 cm³/mol. The van der Waals surface area contributed by atoms with Crippen molar-refractivity contribution in [2.45, 2.75) is 38.8 Å². The number of nitrogens with two attached hydrogens (primary N) is 1. The lowest BCUT2D eigenvalue weighted by Gasteiger charge is -2.05. The summed E-state index contributed by atoms with van der Waals surface area (Å²) in [5, 5.41) is 3.41. The molecule has 2 rings (SSSR count). The van der Waals surface area contributed by atoms with Gasteiger partial charge in [-0.2, -0.15) is 0 Å². The monoisotopic (exact) mass is 321 g/mol. The summed E-state index contributed by atoms with van der Waals surface area (Å²) < 4.78 is 5.30. The Morgan fingerprint density at radius 2 is 2.32 bits per heavy atom. The van der Waals surface area contributed by atoms with Gasteiger partial charge in [-0.3, -0.25) is 4.79 Å². The Kier molecular flexibility index (Phi) is 5.98. The molecule has 1 atom stereocenters. The number of rotatable bonds is 7. The molecule has 0 saturated carbocycles. The van der Waals surface area contributed by atoms with Gasteiger partial charge in [0.1, 0.15) is 6.26 Å². The number of amides is 1.